The standard InChI is InChI=1S/C23H28N6O2S/c1-3-4-11-29-20-19(21(30)26-23(29)31)27(2)18(25-20)14-28-12-9-15(10-13-28)22-24-16-7-5-6-8-17(16)32-22/h5-8,15H,3-4,9-14H2,1-2H3,(H,26,30,31). The number of fused-ring (bicyclic) bond motifs is 2. The van der Waals surface area contributed by atoms with Gasteiger partial charge in [-0.3, -0.25) is 19.2 Å². The van der Waals surface area contributed by atoms with E-state index in [-0.39, 0.29) is 11.2 Å². The quantitative estimate of drug-likeness (QED) is 0.485. The number of aromatic nitrogens is 5. The third-order valence-electron chi connectivity index (χ3n) is 6.45. The van der Waals surface area contributed by atoms with Crippen molar-refractivity contribution in [2.75, 3.05) is 13.1 Å². The molecule has 1 fully saturated rings. The number of aryl methyl sites for hydroxylation is 2. The Kier molecular flexibility index (Phi) is 5.69. The topological polar surface area (TPSA) is 88.8 Å². The first-order chi connectivity index (χ1) is 15.5. The van der Waals surface area contributed by atoms with E-state index in [1.165, 1.54) is 9.71 Å². The highest BCUT2D eigenvalue weighted by Crippen LogP contribution is 2.34. The Bertz CT molecular complexity index is 1340. The molecule has 0 atom stereocenters. The van der Waals surface area contributed by atoms with Gasteiger partial charge in [0, 0.05) is 19.5 Å². The second-order valence-corrected chi connectivity index (χ2v) is 9.66. The highest BCUT2D eigenvalue weighted by Gasteiger charge is 2.25. The van der Waals surface area contributed by atoms with Crippen molar-refractivity contribution >= 4 is 32.7 Å². The summed E-state index contributed by atoms with van der Waals surface area (Å²) in [4.78, 5) is 39.3. The van der Waals surface area contributed by atoms with Crippen molar-refractivity contribution in [1.82, 2.24) is 29.0 Å². The Morgan fingerprint density at radius 1 is 1.16 bits per heavy atom. The Morgan fingerprint density at radius 3 is 2.69 bits per heavy atom. The molecule has 9 heteroatoms. The normalized spacial score (nSPS) is 15.8. The van der Waals surface area contributed by atoms with Crippen LogP contribution in [-0.2, 0) is 20.1 Å². The van der Waals surface area contributed by atoms with Crippen LogP contribution >= 0.6 is 11.3 Å². The average Bonchev–Trinajstić information content (AvgIpc) is 3.36. The Morgan fingerprint density at radius 2 is 1.94 bits per heavy atom. The van der Waals surface area contributed by atoms with Gasteiger partial charge in [-0.05, 0) is 44.5 Å². The lowest BCUT2D eigenvalue weighted by Gasteiger charge is -2.30. The van der Waals surface area contributed by atoms with Crippen LogP contribution in [0.3, 0.4) is 0 Å². The molecule has 5 rings (SSSR count). The smallest absolute Gasteiger partial charge is 0.324 e. The summed E-state index contributed by atoms with van der Waals surface area (Å²) in [6, 6.07) is 8.33. The van der Waals surface area contributed by atoms with Gasteiger partial charge in [0.1, 0.15) is 5.82 Å². The number of piperidine rings is 1. The molecule has 0 radical (unpaired) electrons. The first-order valence-electron chi connectivity index (χ1n) is 11.3. The fourth-order valence-corrected chi connectivity index (χ4v) is 5.70. The van der Waals surface area contributed by atoms with E-state index < -0.39 is 0 Å². The lowest BCUT2D eigenvalue weighted by Crippen LogP contribution is -2.33. The highest BCUT2D eigenvalue weighted by molar-refractivity contribution is 7.18. The molecule has 0 amide bonds. The summed E-state index contributed by atoms with van der Waals surface area (Å²) in [5.41, 5.74) is 1.31. The van der Waals surface area contributed by atoms with E-state index in [1.54, 1.807) is 4.57 Å². The molecular formula is C23H28N6O2S. The number of rotatable bonds is 6. The summed E-state index contributed by atoms with van der Waals surface area (Å²) in [5, 5.41) is 1.24. The van der Waals surface area contributed by atoms with E-state index in [4.69, 9.17) is 9.97 Å². The monoisotopic (exact) mass is 452 g/mol. The lowest BCUT2D eigenvalue weighted by atomic mass is 9.97. The Labute approximate surface area is 189 Å². The van der Waals surface area contributed by atoms with Crippen LogP contribution in [-0.4, -0.2) is 42.1 Å². The largest absolute Gasteiger partial charge is 0.330 e. The zero-order valence-electron chi connectivity index (χ0n) is 18.5. The maximum absolute atomic E-state index is 12.5. The number of H-pyrrole nitrogens is 1. The van der Waals surface area contributed by atoms with Gasteiger partial charge in [-0.25, -0.2) is 14.8 Å². The van der Waals surface area contributed by atoms with E-state index in [1.807, 2.05) is 29.0 Å². The van der Waals surface area contributed by atoms with Gasteiger partial charge in [-0.2, -0.15) is 0 Å². The number of hydrogen-bond donors (Lipinski definition) is 1. The van der Waals surface area contributed by atoms with Gasteiger partial charge in [0.15, 0.2) is 11.2 Å². The lowest BCUT2D eigenvalue weighted by molar-refractivity contribution is 0.199. The maximum atomic E-state index is 12.5. The summed E-state index contributed by atoms with van der Waals surface area (Å²) >= 11 is 1.81. The molecule has 32 heavy (non-hydrogen) atoms. The highest BCUT2D eigenvalue weighted by atomic mass is 32.1. The van der Waals surface area contributed by atoms with Crippen molar-refractivity contribution in [3.63, 3.8) is 0 Å². The zero-order chi connectivity index (χ0) is 22.2. The van der Waals surface area contributed by atoms with Gasteiger partial charge in [-0.15, -0.1) is 11.3 Å². The van der Waals surface area contributed by atoms with E-state index in [0.29, 0.717) is 30.2 Å². The number of aromatic amines is 1. The Hall–Kier alpha value is -2.78. The predicted molar refractivity (Wildman–Crippen MR) is 127 cm³/mol. The summed E-state index contributed by atoms with van der Waals surface area (Å²) in [6.45, 7) is 5.23. The molecule has 1 aromatic carbocycles. The van der Waals surface area contributed by atoms with Gasteiger partial charge in [0.05, 0.1) is 21.8 Å². The van der Waals surface area contributed by atoms with Gasteiger partial charge >= 0.3 is 5.69 Å². The van der Waals surface area contributed by atoms with Gasteiger partial charge in [0.2, 0.25) is 0 Å². The number of nitrogens with zero attached hydrogens (tertiary/aromatic N) is 5. The van der Waals surface area contributed by atoms with Crippen molar-refractivity contribution in [1.29, 1.82) is 0 Å². The molecule has 0 aliphatic carbocycles. The minimum absolute atomic E-state index is 0.367. The minimum atomic E-state index is -0.378. The van der Waals surface area contributed by atoms with Crippen LogP contribution in [0.15, 0.2) is 33.9 Å². The SMILES string of the molecule is CCCCn1c(=O)[nH]c(=O)c2c1nc(CN1CCC(c3nc4ccccc4s3)CC1)n2C. The van der Waals surface area contributed by atoms with Crippen molar-refractivity contribution in [2.24, 2.45) is 7.05 Å². The van der Waals surface area contributed by atoms with Crippen LogP contribution in [0.2, 0.25) is 0 Å². The van der Waals surface area contributed by atoms with Crippen molar-refractivity contribution < 1.29 is 0 Å². The van der Waals surface area contributed by atoms with Crippen LogP contribution in [0.25, 0.3) is 21.4 Å². The fraction of sp³-hybridized carbons (Fsp3) is 0.478. The van der Waals surface area contributed by atoms with Crippen molar-refractivity contribution in [3.8, 4) is 0 Å². The molecule has 1 aliphatic rings. The molecule has 168 valence electrons. The van der Waals surface area contributed by atoms with Gasteiger partial charge < -0.3 is 4.57 Å². The Balaban J connectivity index is 1.34. The van der Waals surface area contributed by atoms with Crippen LogP contribution < -0.4 is 11.2 Å². The van der Waals surface area contributed by atoms with E-state index in [2.05, 4.69) is 35.0 Å². The molecule has 4 aromatic rings. The van der Waals surface area contributed by atoms with E-state index in [9.17, 15) is 9.59 Å². The second-order valence-electron chi connectivity index (χ2n) is 8.59. The van der Waals surface area contributed by atoms with E-state index >= 15 is 0 Å². The summed E-state index contributed by atoms with van der Waals surface area (Å²) in [7, 11) is 1.86. The third-order valence-corrected chi connectivity index (χ3v) is 7.65. The summed E-state index contributed by atoms with van der Waals surface area (Å²) in [6.07, 6.45) is 3.96. The van der Waals surface area contributed by atoms with Crippen molar-refractivity contribution in [2.45, 2.75) is 51.6 Å². The molecule has 1 saturated heterocycles. The molecule has 0 bridgehead atoms. The molecule has 8 nitrogen and oxygen atoms in total. The number of para-hydroxylation sites is 1. The second kappa shape index (κ2) is 8.63. The fourth-order valence-electron chi connectivity index (χ4n) is 4.56. The number of thiazole rings is 1. The molecule has 3 aromatic heterocycles. The predicted octanol–water partition coefficient (Wildman–Crippen LogP) is 3.21. The number of imidazole rings is 1. The summed E-state index contributed by atoms with van der Waals surface area (Å²) in [5.74, 6) is 1.31. The summed E-state index contributed by atoms with van der Waals surface area (Å²) < 4.78 is 4.70. The molecule has 0 spiro atoms. The van der Waals surface area contributed by atoms with Crippen LogP contribution in [0.4, 0.5) is 0 Å². The first kappa shape index (κ1) is 21.1. The number of benzene rings is 1. The van der Waals surface area contributed by atoms with Crippen LogP contribution in [0.5, 0.6) is 0 Å². The molecule has 1 aliphatic heterocycles. The van der Waals surface area contributed by atoms with Crippen LogP contribution in [0, 0.1) is 0 Å². The maximum Gasteiger partial charge on any atom is 0.330 e. The number of hydrogen-bond acceptors (Lipinski definition) is 6. The number of unbranched alkanes of at least 4 members (excludes halogenated alkanes) is 1. The number of nitrogens with one attached hydrogen (secondary N) is 1. The third kappa shape index (κ3) is 3.80. The van der Waals surface area contributed by atoms with Crippen molar-refractivity contribution in [3.05, 3.63) is 55.9 Å². The van der Waals surface area contributed by atoms with Gasteiger partial charge in [-0.1, -0.05) is 25.5 Å². The van der Waals surface area contributed by atoms with E-state index in [0.717, 1.165) is 50.1 Å². The molecular weight excluding hydrogens is 424 g/mol. The minimum Gasteiger partial charge on any atom is -0.324 e. The zero-order valence-corrected chi connectivity index (χ0v) is 19.3. The molecule has 1 N–H and O–H groups in total. The average molecular weight is 453 g/mol. The first-order valence-corrected chi connectivity index (χ1v) is 12.1. The molecule has 0 unspecified atom stereocenters. The molecule has 4 heterocycles. The number of likely N-dealkylation sites (tertiary alicyclic amines) is 1. The van der Waals surface area contributed by atoms with Gasteiger partial charge in [0.25, 0.3) is 5.56 Å². The molecule has 0 saturated carbocycles. The van der Waals surface area contributed by atoms with Crippen LogP contribution in [0.1, 0.15) is 49.4 Å².